The van der Waals surface area contributed by atoms with Gasteiger partial charge in [-0.05, 0) is 33.7 Å². The zero-order chi connectivity index (χ0) is 13.1. The molecule has 5 heteroatoms. The molecule has 0 aromatic rings. The number of hydrogen-bond donors (Lipinski definition) is 2. The highest BCUT2D eigenvalue weighted by atomic mass is 16.2. The lowest BCUT2D eigenvalue weighted by Gasteiger charge is -2.33. The summed E-state index contributed by atoms with van der Waals surface area (Å²) in [5.41, 5.74) is -0.544. The van der Waals surface area contributed by atoms with Gasteiger partial charge in [0, 0.05) is 26.1 Å². The number of carbonyl (C=O) groups is 2. The second-order valence-corrected chi connectivity index (χ2v) is 5.13. The Hall–Kier alpha value is -1.10. The zero-order valence-electron chi connectivity index (χ0n) is 11.2. The van der Waals surface area contributed by atoms with Gasteiger partial charge >= 0.3 is 0 Å². The number of rotatable bonds is 3. The summed E-state index contributed by atoms with van der Waals surface area (Å²) < 4.78 is 0. The van der Waals surface area contributed by atoms with E-state index in [1.54, 1.807) is 14.0 Å². The summed E-state index contributed by atoms with van der Waals surface area (Å²) in [6, 6.07) is 0.186. The van der Waals surface area contributed by atoms with Crippen molar-refractivity contribution < 1.29 is 9.59 Å². The Morgan fingerprint density at radius 2 is 1.76 bits per heavy atom. The highest BCUT2D eigenvalue weighted by Crippen LogP contribution is 2.12. The lowest BCUT2D eigenvalue weighted by molar-refractivity contribution is -0.130. The SMILES string of the molecule is CNC(C)(C)C(=O)NC1CCN(C(C)=O)CC1. The molecular weight excluding hydrogens is 218 g/mol. The highest BCUT2D eigenvalue weighted by Gasteiger charge is 2.29. The first-order chi connectivity index (χ1) is 7.86. The van der Waals surface area contributed by atoms with Gasteiger partial charge in [-0.1, -0.05) is 0 Å². The van der Waals surface area contributed by atoms with Crippen molar-refractivity contribution in [1.29, 1.82) is 0 Å². The lowest BCUT2D eigenvalue weighted by atomic mass is 10.0. The van der Waals surface area contributed by atoms with E-state index in [2.05, 4.69) is 10.6 Å². The number of hydrogen-bond acceptors (Lipinski definition) is 3. The van der Waals surface area contributed by atoms with Gasteiger partial charge in [-0.3, -0.25) is 9.59 Å². The van der Waals surface area contributed by atoms with Crippen molar-refractivity contribution in [2.45, 2.75) is 45.2 Å². The van der Waals surface area contributed by atoms with Gasteiger partial charge in [-0.15, -0.1) is 0 Å². The Labute approximate surface area is 103 Å². The van der Waals surface area contributed by atoms with Gasteiger partial charge in [0.15, 0.2) is 0 Å². The summed E-state index contributed by atoms with van der Waals surface area (Å²) in [7, 11) is 1.78. The number of nitrogens with zero attached hydrogens (tertiary/aromatic N) is 1. The van der Waals surface area contributed by atoms with Gasteiger partial charge in [0.05, 0.1) is 5.54 Å². The van der Waals surface area contributed by atoms with Crippen LogP contribution in [0.5, 0.6) is 0 Å². The van der Waals surface area contributed by atoms with Crippen LogP contribution in [0.25, 0.3) is 0 Å². The van der Waals surface area contributed by atoms with Crippen LogP contribution in [0.2, 0.25) is 0 Å². The first kappa shape index (κ1) is 14.0. The van der Waals surface area contributed by atoms with E-state index in [4.69, 9.17) is 0 Å². The number of carbonyl (C=O) groups excluding carboxylic acids is 2. The fourth-order valence-electron chi connectivity index (χ4n) is 1.82. The fraction of sp³-hybridized carbons (Fsp3) is 0.833. The number of likely N-dealkylation sites (tertiary alicyclic amines) is 1. The number of likely N-dealkylation sites (N-methyl/N-ethyl adjacent to an activating group) is 1. The fourth-order valence-corrected chi connectivity index (χ4v) is 1.82. The second-order valence-electron chi connectivity index (χ2n) is 5.13. The number of nitrogens with one attached hydrogen (secondary N) is 2. The minimum atomic E-state index is -0.544. The maximum Gasteiger partial charge on any atom is 0.239 e. The summed E-state index contributed by atoms with van der Waals surface area (Å²) in [6.45, 7) is 6.77. The summed E-state index contributed by atoms with van der Waals surface area (Å²) in [5, 5.41) is 6.01. The standard InChI is InChI=1S/C12H23N3O2/c1-9(16)15-7-5-10(6-8-15)14-11(17)12(2,3)13-4/h10,13H,5-8H2,1-4H3,(H,14,17). The lowest BCUT2D eigenvalue weighted by Crippen LogP contribution is -2.55. The van der Waals surface area contributed by atoms with Crippen molar-refractivity contribution in [2.75, 3.05) is 20.1 Å². The minimum Gasteiger partial charge on any atom is -0.352 e. The molecule has 1 aliphatic heterocycles. The average molecular weight is 241 g/mol. The van der Waals surface area contributed by atoms with Gasteiger partial charge in [0.25, 0.3) is 0 Å². The third-order valence-corrected chi connectivity index (χ3v) is 3.47. The van der Waals surface area contributed by atoms with Crippen LogP contribution >= 0.6 is 0 Å². The average Bonchev–Trinajstić information content (AvgIpc) is 2.29. The van der Waals surface area contributed by atoms with Crippen molar-refractivity contribution in [3.63, 3.8) is 0 Å². The third kappa shape index (κ3) is 3.70. The maximum absolute atomic E-state index is 11.9. The third-order valence-electron chi connectivity index (χ3n) is 3.47. The van der Waals surface area contributed by atoms with E-state index in [1.807, 2.05) is 18.7 Å². The van der Waals surface area contributed by atoms with E-state index >= 15 is 0 Å². The molecule has 0 spiro atoms. The van der Waals surface area contributed by atoms with E-state index in [-0.39, 0.29) is 17.9 Å². The quantitative estimate of drug-likeness (QED) is 0.737. The molecule has 98 valence electrons. The first-order valence-electron chi connectivity index (χ1n) is 6.12. The molecule has 1 heterocycles. The van der Waals surface area contributed by atoms with Gasteiger partial charge in [-0.2, -0.15) is 0 Å². The molecule has 0 bridgehead atoms. The predicted molar refractivity (Wildman–Crippen MR) is 66.6 cm³/mol. The van der Waals surface area contributed by atoms with Gasteiger partial charge < -0.3 is 15.5 Å². The Balaban J connectivity index is 2.41. The Kier molecular flexibility index (Phi) is 4.51. The molecule has 1 aliphatic rings. The van der Waals surface area contributed by atoms with Gasteiger partial charge in [-0.25, -0.2) is 0 Å². The summed E-state index contributed by atoms with van der Waals surface area (Å²) >= 11 is 0. The van der Waals surface area contributed by atoms with Crippen LogP contribution in [0.15, 0.2) is 0 Å². The van der Waals surface area contributed by atoms with Crippen LogP contribution in [-0.4, -0.2) is 48.4 Å². The summed E-state index contributed by atoms with van der Waals surface area (Å²) in [4.78, 5) is 24.9. The van der Waals surface area contributed by atoms with Gasteiger partial charge in [0.2, 0.25) is 11.8 Å². The summed E-state index contributed by atoms with van der Waals surface area (Å²) in [5.74, 6) is 0.131. The Bertz CT molecular complexity index is 294. The molecule has 2 N–H and O–H groups in total. The smallest absolute Gasteiger partial charge is 0.239 e. The molecule has 0 radical (unpaired) electrons. The molecule has 1 fully saturated rings. The number of piperidine rings is 1. The van der Waals surface area contributed by atoms with Crippen molar-refractivity contribution in [2.24, 2.45) is 0 Å². The van der Waals surface area contributed by atoms with Crippen molar-refractivity contribution in [1.82, 2.24) is 15.5 Å². The van der Waals surface area contributed by atoms with Crippen LogP contribution in [0, 0.1) is 0 Å². The van der Waals surface area contributed by atoms with Crippen molar-refractivity contribution in [3.8, 4) is 0 Å². The second kappa shape index (κ2) is 5.49. The van der Waals surface area contributed by atoms with E-state index in [9.17, 15) is 9.59 Å². The van der Waals surface area contributed by atoms with Crippen LogP contribution < -0.4 is 10.6 Å². The molecule has 0 unspecified atom stereocenters. The summed E-state index contributed by atoms with van der Waals surface area (Å²) in [6.07, 6.45) is 1.68. The molecule has 5 nitrogen and oxygen atoms in total. The molecule has 0 aliphatic carbocycles. The zero-order valence-corrected chi connectivity index (χ0v) is 11.2. The normalized spacial score (nSPS) is 18.0. The van der Waals surface area contributed by atoms with E-state index in [1.165, 1.54) is 0 Å². The monoisotopic (exact) mass is 241 g/mol. The van der Waals surface area contributed by atoms with Crippen LogP contribution in [0.3, 0.4) is 0 Å². The van der Waals surface area contributed by atoms with Gasteiger partial charge in [0.1, 0.15) is 0 Å². The van der Waals surface area contributed by atoms with Crippen LogP contribution in [-0.2, 0) is 9.59 Å². The molecule has 0 atom stereocenters. The Morgan fingerprint density at radius 3 is 2.18 bits per heavy atom. The topological polar surface area (TPSA) is 61.4 Å². The molecule has 17 heavy (non-hydrogen) atoms. The molecule has 2 amide bonds. The maximum atomic E-state index is 11.9. The molecule has 0 aromatic carbocycles. The van der Waals surface area contributed by atoms with Crippen LogP contribution in [0.4, 0.5) is 0 Å². The molecule has 1 rings (SSSR count). The van der Waals surface area contributed by atoms with Crippen molar-refractivity contribution in [3.05, 3.63) is 0 Å². The highest BCUT2D eigenvalue weighted by molar-refractivity contribution is 5.85. The van der Waals surface area contributed by atoms with E-state index in [0.717, 1.165) is 25.9 Å². The van der Waals surface area contributed by atoms with Crippen molar-refractivity contribution >= 4 is 11.8 Å². The first-order valence-corrected chi connectivity index (χ1v) is 6.12. The molecule has 1 saturated heterocycles. The van der Waals surface area contributed by atoms with E-state index in [0.29, 0.717) is 0 Å². The molecule has 0 aromatic heterocycles. The molecule has 0 saturated carbocycles. The largest absolute Gasteiger partial charge is 0.352 e. The minimum absolute atomic E-state index is 0.0151. The Morgan fingerprint density at radius 1 is 1.24 bits per heavy atom. The number of amides is 2. The molecular formula is C12H23N3O2. The van der Waals surface area contributed by atoms with E-state index < -0.39 is 5.54 Å². The predicted octanol–water partition coefficient (Wildman–Crippen LogP) is 0.112. The van der Waals surface area contributed by atoms with Crippen LogP contribution in [0.1, 0.15) is 33.6 Å².